The minimum absolute atomic E-state index is 0.0489. The largest absolute Gasteiger partial charge is 0.488 e. The number of carboxylic acid groups (broad SMARTS) is 1. The maximum absolute atomic E-state index is 12.3. The Labute approximate surface area is 145 Å². The van der Waals surface area contributed by atoms with Crippen molar-refractivity contribution in [2.24, 2.45) is 0 Å². The first-order chi connectivity index (χ1) is 12.1. The van der Waals surface area contributed by atoms with Gasteiger partial charge >= 0.3 is 5.97 Å². The second-order valence-electron chi connectivity index (χ2n) is 5.92. The van der Waals surface area contributed by atoms with E-state index < -0.39 is 5.97 Å². The lowest BCUT2D eigenvalue weighted by atomic mass is 10.0. The number of fused-ring (bicyclic) bond motifs is 1. The van der Waals surface area contributed by atoms with Crippen molar-refractivity contribution in [1.82, 2.24) is 5.32 Å². The van der Waals surface area contributed by atoms with E-state index in [1.807, 2.05) is 18.2 Å². The van der Waals surface area contributed by atoms with E-state index >= 15 is 0 Å². The monoisotopic (exact) mass is 340 g/mol. The molecule has 0 bridgehead atoms. The van der Waals surface area contributed by atoms with Crippen LogP contribution in [0.3, 0.4) is 0 Å². The molecule has 2 aromatic rings. The molecule has 0 spiro atoms. The molecule has 3 N–H and O–H groups in total. The van der Waals surface area contributed by atoms with Crippen LogP contribution in [-0.2, 0) is 11.2 Å². The zero-order valence-corrected chi connectivity index (χ0v) is 13.7. The number of carbonyl (C=O) groups is 2. The van der Waals surface area contributed by atoms with Gasteiger partial charge in [0.25, 0.3) is 5.91 Å². The van der Waals surface area contributed by atoms with Gasteiger partial charge in [-0.15, -0.1) is 0 Å². The second kappa shape index (κ2) is 7.70. The first kappa shape index (κ1) is 16.8. The van der Waals surface area contributed by atoms with E-state index in [1.165, 1.54) is 5.56 Å². The highest BCUT2D eigenvalue weighted by Gasteiger charge is 2.20. The summed E-state index contributed by atoms with van der Waals surface area (Å²) in [6.45, 7) is 0.236. The summed E-state index contributed by atoms with van der Waals surface area (Å²) in [5, 5.41) is 14.3. The van der Waals surface area contributed by atoms with Gasteiger partial charge in [-0.1, -0.05) is 24.3 Å². The highest BCUT2D eigenvalue weighted by molar-refractivity contribution is 5.95. The summed E-state index contributed by atoms with van der Waals surface area (Å²) in [6.07, 6.45) is 1.75. The minimum atomic E-state index is -0.954. The zero-order chi connectivity index (χ0) is 17.6. The van der Waals surface area contributed by atoms with Crippen LogP contribution in [0.1, 0.15) is 22.3 Å². The molecule has 0 aliphatic carbocycles. The third-order valence-electron chi connectivity index (χ3n) is 4.06. The Morgan fingerprint density at radius 1 is 1.16 bits per heavy atom. The van der Waals surface area contributed by atoms with Crippen LogP contribution in [0, 0.1) is 0 Å². The molecule has 0 aromatic heterocycles. The quantitative estimate of drug-likeness (QED) is 0.751. The first-order valence-corrected chi connectivity index (χ1v) is 8.20. The molecule has 130 valence electrons. The van der Waals surface area contributed by atoms with E-state index in [0.29, 0.717) is 17.8 Å². The number of nitrogens with one attached hydrogen (secondary N) is 2. The molecule has 0 fully saturated rings. The molecule has 6 nitrogen and oxygen atoms in total. The number of anilines is 1. The van der Waals surface area contributed by atoms with Gasteiger partial charge < -0.3 is 20.5 Å². The Kier molecular flexibility index (Phi) is 5.18. The predicted octanol–water partition coefficient (Wildman–Crippen LogP) is 2.31. The molecule has 1 aliphatic heterocycles. The fourth-order valence-corrected chi connectivity index (χ4v) is 2.78. The van der Waals surface area contributed by atoms with E-state index in [4.69, 9.17) is 9.84 Å². The van der Waals surface area contributed by atoms with Gasteiger partial charge in [-0.25, -0.2) is 0 Å². The van der Waals surface area contributed by atoms with E-state index in [9.17, 15) is 9.59 Å². The van der Waals surface area contributed by atoms with Crippen LogP contribution in [0.2, 0.25) is 0 Å². The number of rotatable bonds is 6. The highest BCUT2D eigenvalue weighted by Crippen LogP contribution is 2.26. The van der Waals surface area contributed by atoms with Crippen molar-refractivity contribution in [3.63, 3.8) is 0 Å². The minimum Gasteiger partial charge on any atom is -0.488 e. The third-order valence-corrected chi connectivity index (χ3v) is 4.06. The topological polar surface area (TPSA) is 87.7 Å². The number of para-hydroxylation sites is 1. The van der Waals surface area contributed by atoms with Crippen molar-refractivity contribution in [1.29, 1.82) is 0 Å². The van der Waals surface area contributed by atoms with Gasteiger partial charge in [-0.2, -0.15) is 0 Å². The van der Waals surface area contributed by atoms with Gasteiger partial charge in [0.2, 0.25) is 0 Å². The van der Waals surface area contributed by atoms with Crippen molar-refractivity contribution in [2.75, 3.05) is 18.4 Å². The number of aryl methyl sites for hydroxylation is 1. The van der Waals surface area contributed by atoms with Crippen LogP contribution in [0.4, 0.5) is 5.69 Å². The Morgan fingerprint density at radius 2 is 2.00 bits per heavy atom. The van der Waals surface area contributed by atoms with Crippen LogP contribution in [0.15, 0.2) is 48.5 Å². The average molecular weight is 340 g/mol. The van der Waals surface area contributed by atoms with Gasteiger partial charge in [0.05, 0.1) is 6.54 Å². The molecular weight excluding hydrogens is 320 g/mol. The standard InChI is InChI=1S/C19H20N2O4/c22-18(23)12-20-15-6-3-5-14(10-15)19(24)21-11-16-9-8-13-4-1-2-7-17(13)25-16/h1-7,10,16,20H,8-9,11-12H2,(H,21,24)(H,22,23)/t16-/m1/s1. The van der Waals surface area contributed by atoms with Crippen LogP contribution in [0.25, 0.3) is 0 Å². The maximum atomic E-state index is 12.3. The SMILES string of the molecule is O=C(O)CNc1cccc(C(=O)NC[C@H]2CCc3ccccc3O2)c1. The lowest BCUT2D eigenvalue weighted by Crippen LogP contribution is -2.37. The third kappa shape index (κ3) is 4.50. The van der Waals surface area contributed by atoms with Crippen molar-refractivity contribution in [2.45, 2.75) is 18.9 Å². The Balaban J connectivity index is 1.54. The van der Waals surface area contributed by atoms with E-state index in [0.717, 1.165) is 18.6 Å². The van der Waals surface area contributed by atoms with Crippen LogP contribution in [-0.4, -0.2) is 36.2 Å². The number of carbonyl (C=O) groups excluding carboxylic acids is 1. The number of hydrogen-bond acceptors (Lipinski definition) is 4. The summed E-state index contributed by atoms with van der Waals surface area (Å²) < 4.78 is 5.91. The summed E-state index contributed by atoms with van der Waals surface area (Å²) in [5.74, 6) is -0.279. The number of carboxylic acids is 1. The average Bonchev–Trinajstić information content (AvgIpc) is 2.64. The summed E-state index contributed by atoms with van der Waals surface area (Å²) >= 11 is 0. The molecule has 0 saturated carbocycles. The predicted molar refractivity (Wildman–Crippen MR) is 94.1 cm³/mol. The van der Waals surface area contributed by atoms with Crippen LogP contribution in [0.5, 0.6) is 5.75 Å². The molecule has 1 atom stereocenters. The molecule has 25 heavy (non-hydrogen) atoms. The second-order valence-corrected chi connectivity index (χ2v) is 5.92. The van der Waals surface area contributed by atoms with Crippen molar-refractivity contribution < 1.29 is 19.4 Å². The van der Waals surface area contributed by atoms with Gasteiger partial charge in [-0.3, -0.25) is 9.59 Å². The number of hydrogen-bond donors (Lipinski definition) is 3. The summed E-state index contributed by atoms with van der Waals surface area (Å²) in [4.78, 5) is 22.9. The zero-order valence-electron chi connectivity index (χ0n) is 13.7. The van der Waals surface area contributed by atoms with E-state index in [-0.39, 0.29) is 18.6 Å². The fraction of sp³-hybridized carbons (Fsp3) is 0.263. The summed E-state index contributed by atoms with van der Waals surface area (Å²) in [7, 11) is 0. The fourth-order valence-electron chi connectivity index (χ4n) is 2.78. The Hall–Kier alpha value is -3.02. The van der Waals surface area contributed by atoms with E-state index in [1.54, 1.807) is 24.3 Å². The molecule has 1 amide bonds. The normalized spacial score (nSPS) is 15.6. The molecular formula is C19H20N2O4. The number of ether oxygens (including phenoxy) is 1. The molecule has 3 rings (SSSR count). The first-order valence-electron chi connectivity index (χ1n) is 8.20. The molecule has 6 heteroatoms. The number of aliphatic carboxylic acids is 1. The van der Waals surface area contributed by atoms with Gasteiger partial charge in [0, 0.05) is 11.3 Å². The van der Waals surface area contributed by atoms with Gasteiger partial charge in [-0.05, 0) is 42.7 Å². The molecule has 0 radical (unpaired) electrons. The molecule has 0 unspecified atom stereocenters. The maximum Gasteiger partial charge on any atom is 0.322 e. The van der Waals surface area contributed by atoms with Gasteiger partial charge in [0.1, 0.15) is 18.4 Å². The van der Waals surface area contributed by atoms with Crippen LogP contribution < -0.4 is 15.4 Å². The number of amides is 1. The smallest absolute Gasteiger partial charge is 0.322 e. The molecule has 1 heterocycles. The lowest BCUT2D eigenvalue weighted by molar-refractivity contribution is -0.134. The Bertz CT molecular complexity index is 776. The Morgan fingerprint density at radius 3 is 2.84 bits per heavy atom. The summed E-state index contributed by atoms with van der Waals surface area (Å²) in [5.41, 5.74) is 2.27. The molecule has 2 aromatic carbocycles. The highest BCUT2D eigenvalue weighted by atomic mass is 16.5. The molecule has 0 saturated heterocycles. The van der Waals surface area contributed by atoms with Crippen molar-refractivity contribution >= 4 is 17.6 Å². The summed E-state index contributed by atoms with van der Waals surface area (Å²) in [6, 6.07) is 14.7. The number of benzene rings is 2. The van der Waals surface area contributed by atoms with Crippen LogP contribution >= 0.6 is 0 Å². The van der Waals surface area contributed by atoms with Crippen molar-refractivity contribution in [3.05, 3.63) is 59.7 Å². The van der Waals surface area contributed by atoms with Crippen molar-refractivity contribution in [3.8, 4) is 5.75 Å². The lowest BCUT2D eigenvalue weighted by Gasteiger charge is -2.26. The van der Waals surface area contributed by atoms with Gasteiger partial charge in [0.15, 0.2) is 0 Å². The molecule has 1 aliphatic rings. The van der Waals surface area contributed by atoms with E-state index in [2.05, 4.69) is 16.7 Å².